The molecule has 8 heteroatoms. The fourth-order valence-corrected chi connectivity index (χ4v) is 3.29. The van der Waals surface area contributed by atoms with Gasteiger partial charge in [0, 0.05) is 10.7 Å². The SMILES string of the molecule is Cc1cc(Cl)c(NS(=O)(=O)c2cc(N)cc(F)c2)cc1Cl. The van der Waals surface area contributed by atoms with Crippen molar-refractivity contribution < 1.29 is 12.8 Å². The first-order valence-electron chi connectivity index (χ1n) is 5.73. The molecule has 0 aromatic heterocycles. The molecule has 0 unspecified atom stereocenters. The van der Waals surface area contributed by atoms with Gasteiger partial charge in [-0.05, 0) is 42.8 Å². The highest BCUT2D eigenvalue weighted by Gasteiger charge is 2.18. The van der Waals surface area contributed by atoms with Crippen molar-refractivity contribution >= 4 is 44.6 Å². The number of sulfonamides is 1. The van der Waals surface area contributed by atoms with E-state index in [1.807, 2.05) is 0 Å². The van der Waals surface area contributed by atoms with Gasteiger partial charge in [-0.1, -0.05) is 23.2 Å². The summed E-state index contributed by atoms with van der Waals surface area (Å²) < 4.78 is 40.0. The molecule has 112 valence electrons. The summed E-state index contributed by atoms with van der Waals surface area (Å²) in [4.78, 5) is -0.298. The monoisotopic (exact) mass is 348 g/mol. The van der Waals surface area contributed by atoms with E-state index < -0.39 is 15.8 Å². The standard InChI is InChI=1S/C13H11Cl2FN2O2S/c1-7-2-12(15)13(6-11(7)14)18-21(19,20)10-4-8(16)3-9(17)5-10/h2-6,18H,17H2,1H3. The molecular formula is C13H11Cl2FN2O2S. The number of hydrogen-bond donors (Lipinski definition) is 2. The van der Waals surface area contributed by atoms with Crippen molar-refractivity contribution in [1.29, 1.82) is 0 Å². The lowest BCUT2D eigenvalue weighted by atomic mass is 10.2. The molecule has 0 aliphatic rings. The smallest absolute Gasteiger partial charge is 0.262 e. The van der Waals surface area contributed by atoms with Gasteiger partial charge in [-0.3, -0.25) is 4.72 Å². The summed E-state index contributed by atoms with van der Waals surface area (Å²) in [7, 11) is -4.02. The Hall–Kier alpha value is -1.50. The number of nitrogens with two attached hydrogens (primary N) is 1. The van der Waals surface area contributed by atoms with Gasteiger partial charge < -0.3 is 5.73 Å². The van der Waals surface area contributed by atoms with Crippen LogP contribution in [-0.4, -0.2) is 8.42 Å². The molecule has 2 aromatic carbocycles. The largest absolute Gasteiger partial charge is 0.399 e. The summed E-state index contributed by atoms with van der Waals surface area (Å²) in [5.74, 6) is -0.747. The second kappa shape index (κ2) is 5.71. The molecule has 3 N–H and O–H groups in total. The number of benzene rings is 2. The highest BCUT2D eigenvalue weighted by molar-refractivity contribution is 7.92. The number of anilines is 2. The molecule has 0 aliphatic heterocycles. The van der Waals surface area contributed by atoms with Crippen molar-refractivity contribution in [2.24, 2.45) is 0 Å². The zero-order valence-corrected chi connectivity index (χ0v) is 13.2. The summed E-state index contributed by atoms with van der Waals surface area (Å²) in [6, 6.07) is 5.95. The Kier molecular flexibility index (Phi) is 4.32. The van der Waals surface area contributed by atoms with Gasteiger partial charge in [-0.25, -0.2) is 12.8 Å². The average molecular weight is 349 g/mol. The van der Waals surface area contributed by atoms with Crippen LogP contribution in [0, 0.1) is 12.7 Å². The van der Waals surface area contributed by atoms with Gasteiger partial charge in [0.25, 0.3) is 10.0 Å². The molecule has 0 saturated carbocycles. The van der Waals surface area contributed by atoms with E-state index in [4.69, 9.17) is 28.9 Å². The van der Waals surface area contributed by atoms with Gasteiger partial charge in [0.05, 0.1) is 15.6 Å². The van der Waals surface area contributed by atoms with Crippen LogP contribution < -0.4 is 10.5 Å². The number of halogens is 3. The molecule has 0 bridgehead atoms. The molecule has 0 heterocycles. The Bertz CT molecular complexity index is 790. The van der Waals surface area contributed by atoms with Crippen molar-refractivity contribution in [3.05, 3.63) is 51.8 Å². The zero-order valence-electron chi connectivity index (χ0n) is 10.8. The fraction of sp³-hybridized carbons (Fsp3) is 0.0769. The van der Waals surface area contributed by atoms with E-state index in [1.54, 1.807) is 6.92 Å². The Labute approximate surface area is 131 Å². The van der Waals surface area contributed by atoms with Gasteiger partial charge in [0.15, 0.2) is 0 Å². The second-order valence-electron chi connectivity index (χ2n) is 4.41. The van der Waals surface area contributed by atoms with Gasteiger partial charge >= 0.3 is 0 Å². The van der Waals surface area contributed by atoms with Crippen LogP contribution in [0.4, 0.5) is 15.8 Å². The van der Waals surface area contributed by atoms with Crippen LogP contribution in [-0.2, 0) is 10.0 Å². The lowest BCUT2D eigenvalue weighted by Gasteiger charge is -2.11. The third kappa shape index (κ3) is 3.58. The molecule has 0 fully saturated rings. The molecule has 0 aliphatic carbocycles. The van der Waals surface area contributed by atoms with Crippen molar-refractivity contribution in [1.82, 2.24) is 0 Å². The van der Waals surface area contributed by atoms with E-state index in [-0.39, 0.29) is 21.3 Å². The Morgan fingerprint density at radius 2 is 1.76 bits per heavy atom. The third-order valence-corrected chi connectivity index (χ3v) is 4.76. The summed E-state index contributed by atoms with van der Waals surface area (Å²) in [6.45, 7) is 1.74. The molecule has 21 heavy (non-hydrogen) atoms. The quantitative estimate of drug-likeness (QED) is 0.828. The van der Waals surface area contributed by atoms with E-state index in [9.17, 15) is 12.8 Å². The summed E-state index contributed by atoms with van der Waals surface area (Å²) in [6.07, 6.45) is 0. The fourth-order valence-electron chi connectivity index (χ4n) is 1.67. The van der Waals surface area contributed by atoms with E-state index >= 15 is 0 Å². The average Bonchev–Trinajstić information content (AvgIpc) is 2.34. The van der Waals surface area contributed by atoms with Crippen molar-refractivity contribution in [2.45, 2.75) is 11.8 Å². The Morgan fingerprint density at radius 1 is 1.10 bits per heavy atom. The second-order valence-corrected chi connectivity index (χ2v) is 6.90. The van der Waals surface area contributed by atoms with Crippen LogP contribution in [0.15, 0.2) is 35.2 Å². The molecule has 0 spiro atoms. The highest BCUT2D eigenvalue weighted by atomic mass is 35.5. The minimum Gasteiger partial charge on any atom is -0.399 e. The van der Waals surface area contributed by atoms with Gasteiger partial charge in [-0.2, -0.15) is 0 Å². The first-order valence-corrected chi connectivity index (χ1v) is 7.97. The predicted molar refractivity (Wildman–Crippen MR) is 82.8 cm³/mol. The molecule has 0 radical (unpaired) electrons. The predicted octanol–water partition coefficient (Wildman–Crippen LogP) is 3.82. The van der Waals surface area contributed by atoms with E-state index in [0.717, 1.165) is 18.2 Å². The minimum atomic E-state index is -4.02. The third-order valence-electron chi connectivity index (χ3n) is 2.70. The van der Waals surface area contributed by atoms with Gasteiger partial charge in [0.1, 0.15) is 5.82 Å². The maximum Gasteiger partial charge on any atom is 0.262 e. The van der Waals surface area contributed by atoms with E-state index in [0.29, 0.717) is 10.6 Å². The van der Waals surface area contributed by atoms with Crippen LogP contribution in [0.25, 0.3) is 0 Å². The molecular weight excluding hydrogens is 338 g/mol. The number of aryl methyl sites for hydroxylation is 1. The van der Waals surface area contributed by atoms with E-state index in [1.165, 1.54) is 12.1 Å². The lowest BCUT2D eigenvalue weighted by molar-refractivity contribution is 0.595. The number of nitrogen functional groups attached to an aromatic ring is 1. The minimum absolute atomic E-state index is 0.00316. The van der Waals surface area contributed by atoms with Crippen LogP contribution in [0.1, 0.15) is 5.56 Å². The van der Waals surface area contributed by atoms with Crippen LogP contribution in [0.3, 0.4) is 0 Å². The normalized spacial score (nSPS) is 11.4. The van der Waals surface area contributed by atoms with Crippen LogP contribution in [0.5, 0.6) is 0 Å². The summed E-state index contributed by atoms with van der Waals surface area (Å²) >= 11 is 11.9. The van der Waals surface area contributed by atoms with Crippen molar-refractivity contribution in [2.75, 3.05) is 10.5 Å². The maximum atomic E-state index is 13.3. The van der Waals surface area contributed by atoms with Crippen LogP contribution >= 0.6 is 23.2 Å². The first kappa shape index (κ1) is 15.9. The van der Waals surface area contributed by atoms with Crippen LogP contribution in [0.2, 0.25) is 10.0 Å². The van der Waals surface area contributed by atoms with Crippen molar-refractivity contribution in [3.63, 3.8) is 0 Å². The van der Waals surface area contributed by atoms with Crippen molar-refractivity contribution in [3.8, 4) is 0 Å². The van der Waals surface area contributed by atoms with Gasteiger partial charge in [-0.15, -0.1) is 0 Å². The Balaban J connectivity index is 2.44. The number of rotatable bonds is 3. The van der Waals surface area contributed by atoms with Gasteiger partial charge in [0.2, 0.25) is 0 Å². The molecule has 0 amide bonds. The number of hydrogen-bond acceptors (Lipinski definition) is 3. The first-order chi connectivity index (χ1) is 9.69. The van der Waals surface area contributed by atoms with E-state index in [2.05, 4.69) is 4.72 Å². The molecule has 2 aromatic rings. The molecule has 0 saturated heterocycles. The number of nitrogens with one attached hydrogen (secondary N) is 1. The lowest BCUT2D eigenvalue weighted by Crippen LogP contribution is -2.14. The highest BCUT2D eigenvalue weighted by Crippen LogP contribution is 2.30. The molecule has 0 atom stereocenters. The molecule has 2 rings (SSSR count). The maximum absolute atomic E-state index is 13.3. The summed E-state index contributed by atoms with van der Waals surface area (Å²) in [5, 5.41) is 0.542. The molecule has 4 nitrogen and oxygen atoms in total. The zero-order chi connectivity index (χ0) is 15.8. The summed E-state index contributed by atoms with van der Waals surface area (Å²) in [5.41, 5.74) is 6.26. The topological polar surface area (TPSA) is 72.2 Å². The Morgan fingerprint density at radius 3 is 2.38 bits per heavy atom.